The third-order valence-electron chi connectivity index (χ3n) is 3.19. The van der Waals surface area contributed by atoms with Gasteiger partial charge in [0, 0.05) is 12.3 Å². The summed E-state index contributed by atoms with van der Waals surface area (Å²) in [5, 5.41) is 2.93. The lowest BCUT2D eigenvalue weighted by molar-refractivity contribution is -0.0000121. The predicted octanol–water partition coefficient (Wildman–Crippen LogP) is 0.540. The van der Waals surface area contributed by atoms with Gasteiger partial charge in [-0.25, -0.2) is 0 Å². The molecule has 0 saturated heterocycles. The van der Waals surface area contributed by atoms with Gasteiger partial charge in [0.25, 0.3) is 0 Å². The predicted molar refractivity (Wildman–Crippen MR) is 90.3 cm³/mol. The lowest BCUT2D eigenvalue weighted by atomic mass is 10.2. The first kappa shape index (κ1) is 17.2. The van der Waals surface area contributed by atoms with Gasteiger partial charge >= 0.3 is 0 Å². The molecule has 3 nitrogen and oxygen atoms in total. The normalized spacial score (nSPS) is 13.4. The zero-order valence-electron chi connectivity index (χ0n) is 11.9. The van der Waals surface area contributed by atoms with Crippen molar-refractivity contribution in [2.45, 2.75) is 6.54 Å². The van der Waals surface area contributed by atoms with Gasteiger partial charge < -0.3 is 21.9 Å². The van der Waals surface area contributed by atoms with Crippen molar-refractivity contribution in [2.24, 2.45) is 4.99 Å². The van der Waals surface area contributed by atoms with Crippen LogP contribution in [0, 0.1) is 0 Å². The van der Waals surface area contributed by atoms with Gasteiger partial charge in [-0.3, -0.25) is 9.79 Å². The van der Waals surface area contributed by atoms with Crippen LogP contribution in [0.15, 0.2) is 52.8 Å². The number of carbonyl (C=O) groups is 1. The van der Waals surface area contributed by atoms with Gasteiger partial charge in [-0.1, -0.05) is 48.2 Å². The fraction of sp³-hybridized carbons (Fsp3) is 0.250. The van der Waals surface area contributed by atoms with Crippen molar-refractivity contribution >= 4 is 34.0 Å². The van der Waals surface area contributed by atoms with E-state index in [4.69, 9.17) is 0 Å². The van der Waals surface area contributed by atoms with Crippen LogP contribution in [-0.2, 0) is 6.54 Å². The molecule has 22 heavy (non-hydrogen) atoms. The van der Waals surface area contributed by atoms with Crippen LogP contribution in [0.1, 0.15) is 15.2 Å². The number of aliphatic imine (C=N–C) groups is 1. The molecule has 0 spiro atoms. The quantitative estimate of drug-likeness (QED) is 0.692. The molecular formula is C16H16BrN2OS2-. The second-order valence-corrected chi connectivity index (χ2v) is 6.76. The minimum atomic E-state index is 0. The molecule has 0 atom stereocenters. The zero-order valence-corrected chi connectivity index (χ0v) is 15.2. The maximum Gasteiger partial charge on any atom is 0.192 e. The molecule has 0 amide bonds. The molecule has 2 aromatic rings. The van der Waals surface area contributed by atoms with E-state index >= 15 is 0 Å². The van der Waals surface area contributed by atoms with E-state index in [1.807, 2.05) is 35.7 Å². The molecule has 1 aromatic heterocycles. The van der Waals surface area contributed by atoms with Gasteiger partial charge in [0.1, 0.15) is 0 Å². The first-order chi connectivity index (χ1) is 10.3. The van der Waals surface area contributed by atoms with Crippen LogP contribution >= 0.6 is 23.1 Å². The molecule has 0 saturated carbocycles. The number of nitrogens with zero attached hydrogens (tertiary/aromatic N) is 2. The van der Waals surface area contributed by atoms with Crippen molar-refractivity contribution in [3.05, 3.63) is 58.3 Å². The number of hydrogen-bond acceptors (Lipinski definition) is 5. The molecule has 6 heteroatoms. The summed E-state index contributed by atoms with van der Waals surface area (Å²) >= 11 is 3.24. The number of thiophene rings is 1. The Morgan fingerprint density at radius 2 is 2.00 bits per heavy atom. The highest BCUT2D eigenvalue weighted by atomic mass is 79.9. The van der Waals surface area contributed by atoms with Crippen LogP contribution < -0.4 is 17.0 Å². The molecule has 0 fully saturated rings. The summed E-state index contributed by atoms with van der Waals surface area (Å²) < 4.78 is 0. The van der Waals surface area contributed by atoms with Crippen molar-refractivity contribution in [1.29, 1.82) is 0 Å². The summed E-state index contributed by atoms with van der Waals surface area (Å²) in [5.74, 6) is 1.17. The number of rotatable bonds is 5. The van der Waals surface area contributed by atoms with Crippen molar-refractivity contribution in [2.75, 3.05) is 18.8 Å². The van der Waals surface area contributed by atoms with Crippen LogP contribution in [0.5, 0.6) is 0 Å². The Balaban J connectivity index is 0.00000176. The maximum atomic E-state index is 12.4. The molecule has 1 aromatic carbocycles. The Morgan fingerprint density at radius 1 is 1.18 bits per heavy atom. The van der Waals surface area contributed by atoms with Gasteiger partial charge in [-0.2, -0.15) is 0 Å². The van der Waals surface area contributed by atoms with E-state index in [0.717, 1.165) is 28.9 Å². The van der Waals surface area contributed by atoms with Gasteiger partial charge in [0.05, 0.1) is 18.0 Å². The van der Waals surface area contributed by atoms with E-state index in [9.17, 15) is 4.79 Å². The average molecular weight is 396 g/mol. The lowest BCUT2D eigenvalue weighted by Crippen LogP contribution is -3.00. The lowest BCUT2D eigenvalue weighted by Gasteiger charge is -2.23. The molecule has 0 aliphatic carbocycles. The van der Waals surface area contributed by atoms with E-state index in [1.165, 1.54) is 16.9 Å². The number of carbonyl (C=O) groups excluding carboxylic acids is 1. The van der Waals surface area contributed by atoms with Gasteiger partial charge in [-0.05, 0) is 17.0 Å². The monoisotopic (exact) mass is 395 g/mol. The summed E-state index contributed by atoms with van der Waals surface area (Å²) in [5.41, 5.74) is 1.20. The largest absolute Gasteiger partial charge is 1.00 e. The molecule has 0 radical (unpaired) electrons. The van der Waals surface area contributed by atoms with Crippen molar-refractivity contribution in [1.82, 2.24) is 4.90 Å². The van der Waals surface area contributed by atoms with Gasteiger partial charge in [0.2, 0.25) is 0 Å². The summed E-state index contributed by atoms with van der Waals surface area (Å²) in [4.78, 5) is 19.8. The Labute approximate surface area is 149 Å². The second-order valence-electron chi connectivity index (χ2n) is 4.75. The smallest absolute Gasteiger partial charge is 0.192 e. The molecule has 0 N–H and O–H groups in total. The molecule has 116 valence electrons. The van der Waals surface area contributed by atoms with E-state index < -0.39 is 0 Å². The van der Waals surface area contributed by atoms with E-state index in [-0.39, 0.29) is 22.8 Å². The highest BCUT2D eigenvalue weighted by molar-refractivity contribution is 8.14. The minimum Gasteiger partial charge on any atom is -1.00 e. The molecule has 0 bridgehead atoms. The SMILES string of the molecule is O=C(CN(Cc1ccccc1)C1=NCCS1)c1cccs1.[Br-]. The number of ketones is 1. The topological polar surface area (TPSA) is 32.7 Å². The summed E-state index contributed by atoms with van der Waals surface area (Å²) in [6.07, 6.45) is 0. The van der Waals surface area contributed by atoms with E-state index in [2.05, 4.69) is 22.0 Å². The van der Waals surface area contributed by atoms with Crippen LogP contribution in [0.2, 0.25) is 0 Å². The third kappa shape index (κ3) is 4.44. The summed E-state index contributed by atoms with van der Waals surface area (Å²) in [6.45, 7) is 1.96. The van der Waals surface area contributed by atoms with E-state index in [0.29, 0.717) is 6.54 Å². The molecule has 3 rings (SSSR count). The number of thioether (sulfide) groups is 1. The first-order valence-corrected chi connectivity index (χ1v) is 8.72. The molecule has 1 aliphatic heterocycles. The highest BCUT2D eigenvalue weighted by Gasteiger charge is 2.20. The first-order valence-electron chi connectivity index (χ1n) is 6.86. The van der Waals surface area contributed by atoms with Gasteiger partial charge in [-0.15, -0.1) is 11.3 Å². The van der Waals surface area contributed by atoms with Gasteiger partial charge in [0.15, 0.2) is 11.0 Å². The summed E-state index contributed by atoms with van der Waals surface area (Å²) in [7, 11) is 0. The molecule has 0 unspecified atom stereocenters. The van der Waals surface area contributed by atoms with Crippen LogP contribution in [-0.4, -0.2) is 34.7 Å². The molecular weight excluding hydrogens is 380 g/mol. The number of benzene rings is 1. The Hall–Kier alpha value is -1.11. The minimum absolute atomic E-state index is 0. The van der Waals surface area contributed by atoms with Crippen LogP contribution in [0.25, 0.3) is 0 Å². The van der Waals surface area contributed by atoms with Crippen molar-refractivity contribution < 1.29 is 21.8 Å². The number of Topliss-reactive ketones (excluding diaryl/α,β-unsaturated/α-hetero) is 1. The number of amidine groups is 1. The zero-order chi connectivity index (χ0) is 14.5. The average Bonchev–Trinajstić information content (AvgIpc) is 3.21. The maximum absolute atomic E-state index is 12.4. The summed E-state index contributed by atoms with van der Waals surface area (Å²) in [6, 6.07) is 14.0. The van der Waals surface area contributed by atoms with Crippen molar-refractivity contribution in [3.63, 3.8) is 0 Å². The fourth-order valence-corrected chi connectivity index (χ4v) is 3.71. The van der Waals surface area contributed by atoms with Crippen LogP contribution in [0.3, 0.4) is 0 Å². The van der Waals surface area contributed by atoms with Crippen LogP contribution in [0.4, 0.5) is 0 Å². The fourth-order valence-electron chi connectivity index (χ4n) is 2.20. The Morgan fingerprint density at radius 3 is 2.64 bits per heavy atom. The number of hydrogen-bond donors (Lipinski definition) is 0. The van der Waals surface area contributed by atoms with E-state index in [1.54, 1.807) is 11.8 Å². The second kappa shape index (κ2) is 8.50. The third-order valence-corrected chi connectivity index (χ3v) is 5.13. The Kier molecular flexibility index (Phi) is 6.67. The molecule has 1 aliphatic rings. The van der Waals surface area contributed by atoms with Crippen molar-refractivity contribution in [3.8, 4) is 0 Å². The number of halogens is 1. The standard InChI is InChI=1S/C16H16N2OS2.BrH/c19-14(15-7-4-9-20-15)12-18(16-17-8-10-21-16)11-13-5-2-1-3-6-13;/h1-7,9H,8,10-12H2;1H/p-1. The Bertz CT molecular complexity index is 629. The molecule has 2 heterocycles. The highest BCUT2D eigenvalue weighted by Crippen LogP contribution is 2.19.